The smallest absolute Gasteiger partial charge is 0.168 e. The predicted molar refractivity (Wildman–Crippen MR) is 75.1 cm³/mol. The Labute approximate surface area is 118 Å². The zero-order chi connectivity index (χ0) is 13.8. The molecule has 0 heterocycles. The highest BCUT2D eigenvalue weighted by Gasteiger charge is 2.26. The fourth-order valence-electron chi connectivity index (χ4n) is 1.96. The third-order valence-corrected chi connectivity index (χ3v) is 3.55. The monoisotopic (exact) mass is 285 g/mol. The van der Waals surface area contributed by atoms with Gasteiger partial charge in [-0.3, -0.25) is 0 Å². The number of halogens is 1. The first-order chi connectivity index (χ1) is 9.17. The van der Waals surface area contributed by atoms with E-state index >= 15 is 0 Å². The van der Waals surface area contributed by atoms with Gasteiger partial charge in [-0.1, -0.05) is 11.6 Å². The first kappa shape index (κ1) is 14.4. The molecule has 2 rings (SSSR count). The van der Waals surface area contributed by atoms with Crippen molar-refractivity contribution in [2.45, 2.75) is 18.9 Å². The lowest BCUT2D eigenvalue weighted by Gasteiger charge is -2.20. The molecule has 0 spiro atoms. The van der Waals surface area contributed by atoms with E-state index < -0.39 is 6.10 Å². The molecule has 1 unspecified atom stereocenters. The van der Waals surface area contributed by atoms with Crippen molar-refractivity contribution in [2.24, 2.45) is 5.92 Å². The SMILES string of the molecule is CNCC(O)c1c(Cl)ccc(OC)c1OCC1CC1. The molecule has 1 aliphatic rings. The van der Waals surface area contributed by atoms with Crippen LogP contribution < -0.4 is 14.8 Å². The summed E-state index contributed by atoms with van der Waals surface area (Å²) in [5.41, 5.74) is 0.594. The normalized spacial score (nSPS) is 16.2. The molecule has 0 amide bonds. The minimum Gasteiger partial charge on any atom is -0.493 e. The number of hydrogen-bond acceptors (Lipinski definition) is 4. The molecule has 106 valence electrons. The summed E-state index contributed by atoms with van der Waals surface area (Å²) in [6.07, 6.45) is 1.69. The van der Waals surface area contributed by atoms with Crippen molar-refractivity contribution in [3.05, 3.63) is 22.7 Å². The Morgan fingerprint density at radius 1 is 1.47 bits per heavy atom. The number of rotatable bonds is 7. The Kier molecular flexibility index (Phi) is 4.91. The lowest BCUT2D eigenvalue weighted by molar-refractivity contribution is 0.169. The molecule has 0 aliphatic heterocycles. The third kappa shape index (κ3) is 3.53. The predicted octanol–water partition coefficient (Wildman–Crippen LogP) is 2.39. The van der Waals surface area contributed by atoms with Gasteiger partial charge < -0.3 is 19.9 Å². The molecule has 5 heteroatoms. The van der Waals surface area contributed by atoms with Gasteiger partial charge in [0.05, 0.1) is 24.8 Å². The average molecular weight is 286 g/mol. The number of nitrogens with one attached hydrogen (secondary N) is 1. The lowest BCUT2D eigenvalue weighted by atomic mass is 10.1. The van der Waals surface area contributed by atoms with E-state index in [1.165, 1.54) is 12.8 Å². The molecular weight excluding hydrogens is 266 g/mol. The van der Waals surface area contributed by atoms with Crippen LogP contribution in [0.1, 0.15) is 24.5 Å². The quantitative estimate of drug-likeness (QED) is 0.808. The number of aliphatic hydroxyl groups excluding tert-OH is 1. The zero-order valence-corrected chi connectivity index (χ0v) is 12.0. The molecule has 0 radical (unpaired) electrons. The van der Waals surface area contributed by atoms with Gasteiger partial charge in [0, 0.05) is 12.1 Å². The van der Waals surface area contributed by atoms with Crippen molar-refractivity contribution < 1.29 is 14.6 Å². The Morgan fingerprint density at radius 2 is 2.21 bits per heavy atom. The first-order valence-electron chi connectivity index (χ1n) is 6.49. The van der Waals surface area contributed by atoms with Gasteiger partial charge in [0.15, 0.2) is 11.5 Å². The number of aliphatic hydroxyl groups is 1. The number of ether oxygens (including phenoxy) is 2. The van der Waals surface area contributed by atoms with E-state index in [2.05, 4.69) is 5.32 Å². The second kappa shape index (κ2) is 6.46. The molecule has 1 fully saturated rings. The van der Waals surface area contributed by atoms with Gasteiger partial charge in [-0.15, -0.1) is 0 Å². The van der Waals surface area contributed by atoms with Crippen LogP contribution >= 0.6 is 11.6 Å². The van der Waals surface area contributed by atoms with Gasteiger partial charge in [-0.25, -0.2) is 0 Å². The highest BCUT2D eigenvalue weighted by atomic mass is 35.5. The Bertz CT molecular complexity index is 435. The molecule has 1 aromatic carbocycles. The van der Waals surface area contributed by atoms with Crippen LogP contribution in [0.4, 0.5) is 0 Å². The van der Waals surface area contributed by atoms with Crippen LogP contribution in [-0.4, -0.2) is 32.4 Å². The van der Waals surface area contributed by atoms with Crippen LogP contribution in [0.3, 0.4) is 0 Å². The summed E-state index contributed by atoms with van der Waals surface area (Å²) in [5.74, 6) is 1.79. The maximum absolute atomic E-state index is 10.2. The van der Waals surface area contributed by atoms with E-state index in [4.69, 9.17) is 21.1 Å². The van der Waals surface area contributed by atoms with Crippen LogP contribution in [0, 0.1) is 5.92 Å². The second-order valence-electron chi connectivity index (χ2n) is 4.82. The van der Waals surface area contributed by atoms with Crippen molar-refractivity contribution in [1.29, 1.82) is 0 Å². The minimum atomic E-state index is -0.721. The van der Waals surface area contributed by atoms with Gasteiger partial charge >= 0.3 is 0 Å². The number of methoxy groups -OCH3 is 1. The Balaban J connectivity index is 2.29. The first-order valence-corrected chi connectivity index (χ1v) is 6.87. The van der Waals surface area contributed by atoms with Gasteiger partial charge in [0.1, 0.15) is 0 Å². The standard InChI is InChI=1S/C14H20ClNO3/c1-16-7-11(17)13-10(15)5-6-12(18-2)14(13)19-8-9-3-4-9/h5-6,9,11,16-17H,3-4,7-8H2,1-2H3. The van der Waals surface area contributed by atoms with E-state index in [0.29, 0.717) is 41.2 Å². The molecule has 0 aromatic heterocycles. The zero-order valence-electron chi connectivity index (χ0n) is 11.3. The average Bonchev–Trinajstić information content (AvgIpc) is 3.20. The van der Waals surface area contributed by atoms with Crippen LogP contribution in [0.5, 0.6) is 11.5 Å². The molecule has 0 saturated heterocycles. The summed E-state index contributed by atoms with van der Waals surface area (Å²) in [4.78, 5) is 0. The highest BCUT2D eigenvalue weighted by Crippen LogP contribution is 2.41. The molecular formula is C14H20ClNO3. The molecule has 1 aromatic rings. The molecule has 1 atom stereocenters. The molecule has 0 bridgehead atoms. The third-order valence-electron chi connectivity index (χ3n) is 3.22. The fourth-order valence-corrected chi connectivity index (χ4v) is 2.23. The van der Waals surface area contributed by atoms with Crippen LogP contribution in [0.2, 0.25) is 5.02 Å². The second-order valence-corrected chi connectivity index (χ2v) is 5.23. The summed E-state index contributed by atoms with van der Waals surface area (Å²) in [6.45, 7) is 1.06. The summed E-state index contributed by atoms with van der Waals surface area (Å²) < 4.78 is 11.1. The molecule has 1 saturated carbocycles. The summed E-state index contributed by atoms with van der Waals surface area (Å²) in [6, 6.07) is 3.48. The van der Waals surface area contributed by atoms with Gasteiger partial charge in [-0.05, 0) is 37.9 Å². The molecule has 19 heavy (non-hydrogen) atoms. The highest BCUT2D eigenvalue weighted by molar-refractivity contribution is 6.31. The van der Waals surface area contributed by atoms with Crippen LogP contribution in [0.25, 0.3) is 0 Å². The lowest BCUT2D eigenvalue weighted by Crippen LogP contribution is -2.18. The Hall–Kier alpha value is -0.970. The van der Waals surface area contributed by atoms with Gasteiger partial charge in [0.2, 0.25) is 0 Å². The van der Waals surface area contributed by atoms with E-state index in [-0.39, 0.29) is 0 Å². The van der Waals surface area contributed by atoms with Crippen molar-refractivity contribution >= 4 is 11.6 Å². The van der Waals surface area contributed by atoms with Crippen LogP contribution in [-0.2, 0) is 0 Å². The maximum atomic E-state index is 10.2. The van der Waals surface area contributed by atoms with Crippen LogP contribution in [0.15, 0.2) is 12.1 Å². The van der Waals surface area contributed by atoms with Crippen molar-refractivity contribution in [3.63, 3.8) is 0 Å². The molecule has 4 nitrogen and oxygen atoms in total. The summed E-state index contributed by atoms with van der Waals surface area (Å²) in [7, 11) is 3.36. The van der Waals surface area contributed by atoms with Gasteiger partial charge in [-0.2, -0.15) is 0 Å². The van der Waals surface area contributed by atoms with E-state index in [1.807, 2.05) is 0 Å². The van der Waals surface area contributed by atoms with E-state index in [0.717, 1.165) is 0 Å². The largest absolute Gasteiger partial charge is 0.493 e. The van der Waals surface area contributed by atoms with E-state index in [9.17, 15) is 5.11 Å². The van der Waals surface area contributed by atoms with Crippen molar-refractivity contribution in [1.82, 2.24) is 5.32 Å². The number of benzene rings is 1. The molecule has 2 N–H and O–H groups in total. The van der Waals surface area contributed by atoms with Gasteiger partial charge in [0.25, 0.3) is 0 Å². The molecule has 1 aliphatic carbocycles. The van der Waals surface area contributed by atoms with Crippen molar-refractivity contribution in [2.75, 3.05) is 27.3 Å². The number of hydrogen-bond donors (Lipinski definition) is 2. The maximum Gasteiger partial charge on any atom is 0.168 e. The van der Waals surface area contributed by atoms with E-state index in [1.54, 1.807) is 26.3 Å². The minimum absolute atomic E-state index is 0.409. The Morgan fingerprint density at radius 3 is 2.79 bits per heavy atom. The summed E-state index contributed by atoms with van der Waals surface area (Å²) in [5, 5.41) is 13.6. The van der Waals surface area contributed by atoms with Crippen molar-refractivity contribution in [3.8, 4) is 11.5 Å². The topological polar surface area (TPSA) is 50.7 Å². The summed E-state index contributed by atoms with van der Waals surface area (Å²) >= 11 is 6.20. The number of likely N-dealkylation sites (N-methyl/N-ethyl adjacent to an activating group) is 1. The fraction of sp³-hybridized carbons (Fsp3) is 0.571.